The van der Waals surface area contributed by atoms with Crippen molar-refractivity contribution in [3.63, 3.8) is 0 Å². The van der Waals surface area contributed by atoms with Crippen LogP contribution in [0.2, 0.25) is 0 Å². The van der Waals surface area contributed by atoms with Crippen molar-refractivity contribution in [2.75, 3.05) is 0 Å². The average Bonchev–Trinajstić information content (AvgIpc) is 2.80. The van der Waals surface area contributed by atoms with Crippen molar-refractivity contribution >= 4 is 15.7 Å². The molecule has 20 heavy (non-hydrogen) atoms. The van der Waals surface area contributed by atoms with E-state index in [9.17, 15) is 18.5 Å². The number of aromatic nitrogens is 2. The van der Waals surface area contributed by atoms with Crippen molar-refractivity contribution in [3.8, 4) is 0 Å². The van der Waals surface area contributed by atoms with E-state index >= 15 is 0 Å². The van der Waals surface area contributed by atoms with Gasteiger partial charge in [0.05, 0.1) is 10.6 Å². The maximum Gasteiger partial charge on any atom is 0.289 e. The van der Waals surface area contributed by atoms with E-state index in [2.05, 4.69) is 4.98 Å². The van der Waals surface area contributed by atoms with Gasteiger partial charge in [0.15, 0.2) is 4.90 Å². The van der Waals surface area contributed by atoms with Crippen molar-refractivity contribution in [1.29, 1.82) is 0 Å². The van der Waals surface area contributed by atoms with Gasteiger partial charge in [-0.05, 0) is 13.0 Å². The molecule has 2 rings (SSSR count). The number of hydrogen-bond acceptors (Lipinski definition) is 5. The molecule has 1 aromatic carbocycles. The molecule has 0 atom stereocenters. The van der Waals surface area contributed by atoms with E-state index in [0.717, 1.165) is 3.97 Å². The van der Waals surface area contributed by atoms with Crippen molar-refractivity contribution in [1.82, 2.24) is 8.96 Å². The molecule has 106 valence electrons. The van der Waals surface area contributed by atoms with Crippen LogP contribution < -0.4 is 0 Å². The van der Waals surface area contributed by atoms with Gasteiger partial charge in [0.1, 0.15) is 5.82 Å². The summed E-state index contributed by atoms with van der Waals surface area (Å²) in [6.45, 7) is 3.37. The SMILES string of the molecule is CCc1ncc(C)n1S(=O)(=O)c1ccccc1[N+](=O)[O-]. The molecule has 1 heterocycles. The van der Waals surface area contributed by atoms with E-state index in [0.29, 0.717) is 17.9 Å². The topological polar surface area (TPSA) is 95.1 Å². The normalized spacial score (nSPS) is 11.5. The van der Waals surface area contributed by atoms with Crippen LogP contribution in [-0.2, 0) is 16.4 Å². The third kappa shape index (κ3) is 2.18. The van der Waals surface area contributed by atoms with Gasteiger partial charge in [-0.2, -0.15) is 0 Å². The van der Waals surface area contributed by atoms with Crippen LogP contribution in [0.4, 0.5) is 5.69 Å². The molecular weight excluding hydrogens is 282 g/mol. The van der Waals surface area contributed by atoms with Crippen LogP contribution in [0.25, 0.3) is 0 Å². The Balaban J connectivity index is 2.74. The minimum atomic E-state index is -4.03. The first-order chi connectivity index (χ1) is 9.39. The summed E-state index contributed by atoms with van der Waals surface area (Å²) in [5.41, 5.74) is -0.0253. The summed E-state index contributed by atoms with van der Waals surface area (Å²) in [5.74, 6) is 0.348. The lowest BCUT2D eigenvalue weighted by Crippen LogP contribution is -2.18. The van der Waals surface area contributed by atoms with Crippen LogP contribution in [0.5, 0.6) is 0 Å². The molecule has 2 aromatic rings. The average molecular weight is 295 g/mol. The number of imidazole rings is 1. The molecule has 0 fully saturated rings. The highest BCUT2D eigenvalue weighted by Crippen LogP contribution is 2.26. The summed E-state index contributed by atoms with van der Waals surface area (Å²) in [6, 6.07) is 5.29. The van der Waals surface area contributed by atoms with Crippen molar-refractivity contribution in [3.05, 3.63) is 52.1 Å². The predicted molar refractivity (Wildman–Crippen MR) is 72.0 cm³/mol. The van der Waals surface area contributed by atoms with Crippen LogP contribution >= 0.6 is 0 Å². The number of benzene rings is 1. The highest BCUT2D eigenvalue weighted by Gasteiger charge is 2.29. The molecule has 1 aromatic heterocycles. The molecule has 0 unspecified atom stereocenters. The van der Waals surface area contributed by atoms with E-state index < -0.39 is 20.6 Å². The molecule has 0 aliphatic rings. The van der Waals surface area contributed by atoms with E-state index in [-0.39, 0.29) is 4.90 Å². The Bertz CT molecular complexity index is 765. The first-order valence-corrected chi connectivity index (χ1v) is 7.35. The lowest BCUT2D eigenvalue weighted by atomic mass is 10.3. The van der Waals surface area contributed by atoms with Crippen LogP contribution in [0, 0.1) is 17.0 Å². The minimum Gasteiger partial charge on any atom is -0.258 e. The maximum absolute atomic E-state index is 12.6. The highest BCUT2D eigenvalue weighted by atomic mass is 32.2. The second kappa shape index (κ2) is 5.04. The van der Waals surface area contributed by atoms with Crippen molar-refractivity contribution < 1.29 is 13.3 Å². The van der Waals surface area contributed by atoms with Crippen molar-refractivity contribution in [2.45, 2.75) is 25.2 Å². The Labute approximate surface area is 116 Å². The Kier molecular flexibility index (Phi) is 3.58. The Morgan fingerprint density at radius 3 is 2.60 bits per heavy atom. The van der Waals surface area contributed by atoms with Crippen LogP contribution in [0.15, 0.2) is 35.4 Å². The molecule has 0 aliphatic carbocycles. The molecule has 0 spiro atoms. The molecule has 0 amide bonds. The lowest BCUT2D eigenvalue weighted by molar-refractivity contribution is -0.387. The summed E-state index contributed by atoms with van der Waals surface area (Å²) in [4.78, 5) is 14.0. The molecular formula is C12H13N3O4S. The smallest absolute Gasteiger partial charge is 0.258 e. The summed E-state index contributed by atoms with van der Waals surface area (Å²) in [7, 11) is -4.03. The molecule has 0 N–H and O–H groups in total. The summed E-state index contributed by atoms with van der Waals surface area (Å²) < 4.78 is 26.3. The van der Waals surface area contributed by atoms with Gasteiger partial charge in [-0.1, -0.05) is 19.1 Å². The second-order valence-corrected chi connectivity index (χ2v) is 5.92. The van der Waals surface area contributed by atoms with E-state index in [1.807, 2.05) is 0 Å². The zero-order valence-electron chi connectivity index (χ0n) is 11.0. The van der Waals surface area contributed by atoms with Gasteiger partial charge in [0, 0.05) is 18.7 Å². The lowest BCUT2D eigenvalue weighted by Gasteiger charge is -2.10. The molecule has 0 bridgehead atoms. The molecule has 0 saturated heterocycles. The first-order valence-electron chi connectivity index (χ1n) is 5.91. The molecule has 0 saturated carbocycles. The fourth-order valence-electron chi connectivity index (χ4n) is 1.96. The number of nitro groups is 1. The van der Waals surface area contributed by atoms with Gasteiger partial charge in [0.25, 0.3) is 15.7 Å². The third-order valence-corrected chi connectivity index (χ3v) is 4.73. The standard InChI is InChI=1S/C12H13N3O4S/c1-3-12-13-8-9(2)14(12)20(18,19)11-7-5-4-6-10(11)15(16)17/h4-8H,3H2,1-2H3. The maximum atomic E-state index is 12.6. The number of nitro benzene ring substituents is 1. The van der Waals surface area contributed by atoms with E-state index in [1.54, 1.807) is 13.8 Å². The van der Waals surface area contributed by atoms with E-state index in [1.165, 1.54) is 30.5 Å². The molecule has 7 nitrogen and oxygen atoms in total. The van der Waals surface area contributed by atoms with Crippen LogP contribution in [-0.4, -0.2) is 22.3 Å². The second-order valence-electron chi connectivity index (χ2n) is 4.16. The quantitative estimate of drug-likeness (QED) is 0.634. The minimum absolute atomic E-state index is 0.333. The number of hydrogen-bond donors (Lipinski definition) is 0. The van der Waals surface area contributed by atoms with E-state index in [4.69, 9.17) is 0 Å². The Morgan fingerprint density at radius 1 is 1.35 bits per heavy atom. The molecule has 0 aliphatic heterocycles. The third-order valence-electron chi connectivity index (χ3n) is 2.85. The molecule has 8 heteroatoms. The molecule has 0 radical (unpaired) electrons. The summed E-state index contributed by atoms with van der Waals surface area (Å²) in [6.07, 6.45) is 1.85. The zero-order chi connectivity index (χ0) is 14.9. The fraction of sp³-hybridized carbons (Fsp3) is 0.250. The van der Waals surface area contributed by atoms with Gasteiger partial charge in [-0.25, -0.2) is 17.4 Å². The Hall–Kier alpha value is -2.22. The van der Waals surface area contributed by atoms with Crippen LogP contribution in [0.3, 0.4) is 0 Å². The number of nitrogens with zero attached hydrogens (tertiary/aromatic N) is 3. The van der Waals surface area contributed by atoms with Gasteiger partial charge < -0.3 is 0 Å². The monoisotopic (exact) mass is 295 g/mol. The van der Waals surface area contributed by atoms with Gasteiger partial charge in [-0.15, -0.1) is 0 Å². The number of aryl methyl sites for hydroxylation is 2. The fourth-order valence-corrected chi connectivity index (χ4v) is 3.70. The number of para-hydroxylation sites is 1. The van der Waals surface area contributed by atoms with Crippen molar-refractivity contribution in [2.24, 2.45) is 0 Å². The predicted octanol–water partition coefficient (Wildman–Crippen LogP) is 1.90. The zero-order valence-corrected chi connectivity index (χ0v) is 11.8. The highest BCUT2D eigenvalue weighted by molar-refractivity contribution is 7.90. The summed E-state index contributed by atoms with van der Waals surface area (Å²) in [5, 5.41) is 11.0. The van der Waals surface area contributed by atoms with Crippen LogP contribution in [0.1, 0.15) is 18.4 Å². The van der Waals surface area contributed by atoms with Gasteiger partial charge in [0.2, 0.25) is 0 Å². The number of rotatable bonds is 4. The van der Waals surface area contributed by atoms with Gasteiger partial charge >= 0.3 is 0 Å². The Morgan fingerprint density at radius 2 is 2.00 bits per heavy atom. The first kappa shape index (κ1) is 14.2. The summed E-state index contributed by atoms with van der Waals surface area (Å²) >= 11 is 0. The largest absolute Gasteiger partial charge is 0.289 e. The van der Waals surface area contributed by atoms with Gasteiger partial charge in [-0.3, -0.25) is 10.1 Å².